The molecule has 19 heavy (non-hydrogen) atoms. The van der Waals surface area contributed by atoms with Gasteiger partial charge in [0.2, 0.25) is 5.82 Å². The zero-order valence-corrected chi connectivity index (χ0v) is 10.1. The van der Waals surface area contributed by atoms with Gasteiger partial charge in [-0.15, -0.1) is 5.10 Å². The van der Waals surface area contributed by atoms with E-state index in [-0.39, 0.29) is 11.7 Å². The van der Waals surface area contributed by atoms with E-state index in [0.29, 0.717) is 17.2 Å². The van der Waals surface area contributed by atoms with Gasteiger partial charge in [-0.2, -0.15) is 5.26 Å². The fraction of sp³-hybridized carbons (Fsp3) is 0.231. The molecule has 6 heteroatoms. The molecular weight excluding hydrogens is 242 g/mol. The molecule has 0 spiro atoms. The zero-order valence-electron chi connectivity index (χ0n) is 10.1. The Hall–Kier alpha value is -2.68. The van der Waals surface area contributed by atoms with Gasteiger partial charge in [0.25, 0.3) is 5.91 Å². The molecule has 1 aromatic heterocycles. The van der Waals surface area contributed by atoms with Gasteiger partial charge in [0, 0.05) is 11.6 Å². The van der Waals surface area contributed by atoms with Gasteiger partial charge in [-0.05, 0) is 37.1 Å². The number of benzene rings is 1. The number of hydrogen-bond donors (Lipinski definition) is 2. The molecule has 0 radical (unpaired) electrons. The first-order valence-electron chi connectivity index (χ1n) is 6.00. The molecule has 0 saturated heterocycles. The number of rotatable bonds is 3. The number of nitriles is 1. The molecule has 3 rings (SSSR count). The molecule has 1 heterocycles. The molecule has 1 fully saturated rings. The Morgan fingerprint density at radius 3 is 2.74 bits per heavy atom. The van der Waals surface area contributed by atoms with E-state index >= 15 is 0 Å². The van der Waals surface area contributed by atoms with Crippen LogP contribution < -0.4 is 5.32 Å². The average molecular weight is 253 g/mol. The minimum Gasteiger partial charge on any atom is -0.319 e. The first kappa shape index (κ1) is 11.4. The lowest BCUT2D eigenvalue weighted by atomic mass is 10.2. The Morgan fingerprint density at radius 2 is 2.11 bits per heavy atom. The highest BCUT2D eigenvalue weighted by Gasteiger charge is 2.28. The Morgan fingerprint density at radius 1 is 1.37 bits per heavy atom. The van der Waals surface area contributed by atoms with Crippen molar-refractivity contribution in [3.63, 3.8) is 0 Å². The lowest BCUT2D eigenvalue weighted by Crippen LogP contribution is -2.13. The number of aromatic nitrogens is 3. The minimum atomic E-state index is -0.354. The lowest BCUT2D eigenvalue weighted by Gasteiger charge is -2.01. The summed E-state index contributed by atoms with van der Waals surface area (Å²) < 4.78 is 0. The lowest BCUT2D eigenvalue weighted by molar-refractivity contribution is 0.101. The predicted molar refractivity (Wildman–Crippen MR) is 67.5 cm³/mol. The van der Waals surface area contributed by atoms with Gasteiger partial charge in [0.05, 0.1) is 11.6 Å². The third-order valence-corrected chi connectivity index (χ3v) is 2.94. The van der Waals surface area contributed by atoms with E-state index in [1.54, 1.807) is 24.3 Å². The van der Waals surface area contributed by atoms with Crippen molar-refractivity contribution in [3.8, 4) is 6.07 Å². The van der Waals surface area contributed by atoms with Crippen LogP contribution in [0.1, 0.15) is 40.8 Å². The van der Waals surface area contributed by atoms with Crippen molar-refractivity contribution in [2.24, 2.45) is 0 Å². The van der Waals surface area contributed by atoms with Crippen molar-refractivity contribution in [1.29, 1.82) is 5.26 Å². The second-order valence-electron chi connectivity index (χ2n) is 4.46. The second kappa shape index (κ2) is 4.53. The van der Waals surface area contributed by atoms with Crippen molar-refractivity contribution >= 4 is 11.6 Å². The molecule has 1 aromatic carbocycles. The smallest absolute Gasteiger partial charge is 0.295 e. The molecular formula is C13H11N5O. The number of H-pyrrole nitrogens is 1. The van der Waals surface area contributed by atoms with Crippen LogP contribution in [0.4, 0.5) is 5.69 Å². The topological polar surface area (TPSA) is 94.5 Å². The number of carbonyl (C=O) groups excluding carboxylic acids is 1. The maximum absolute atomic E-state index is 11.9. The van der Waals surface area contributed by atoms with Crippen LogP contribution in [0.2, 0.25) is 0 Å². The number of nitrogens with zero attached hydrogens (tertiary/aromatic N) is 3. The van der Waals surface area contributed by atoms with Crippen molar-refractivity contribution in [2.75, 3.05) is 5.32 Å². The van der Waals surface area contributed by atoms with E-state index in [4.69, 9.17) is 5.26 Å². The number of anilines is 1. The fourth-order valence-electron chi connectivity index (χ4n) is 1.73. The monoisotopic (exact) mass is 253 g/mol. The highest BCUT2D eigenvalue weighted by atomic mass is 16.2. The van der Waals surface area contributed by atoms with E-state index in [1.165, 1.54) is 0 Å². The maximum Gasteiger partial charge on any atom is 0.295 e. The van der Waals surface area contributed by atoms with Crippen LogP contribution in [-0.2, 0) is 0 Å². The molecule has 0 bridgehead atoms. The molecule has 1 aliphatic rings. The molecule has 1 saturated carbocycles. The summed E-state index contributed by atoms with van der Waals surface area (Å²) >= 11 is 0. The summed E-state index contributed by atoms with van der Waals surface area (Å²) in [5.41, 5.74) is 1.16. The zero-order chi connectivity index (χ0) is 13.2. The third-order valence-electron chi connectivity index (χ3n) is 2.94. The Kier molecular flexibility index (Phi) is 2.72. The molecule has 2 aromatic rings. The van der Waals surface area contributed by atoms with Crippen LogP contribution in [0.5, 0.6) is 0 Å². The van der Waals surface area contributed by atoms with Crippen molar-refractivity contribution in [3.05, 3.63) is 41.5 Å². The van der Waals surface area contributed by atoms with Gasteiger partial charge in [-0.3, -0.25) is 9.89 Å². The normalized spacial score (nSPS) is 13.8. The van der Waals surface area contributed by atoms with E-state index in [9.17, 15) is 4.79 Å². The highest BCUT2D eigenvalue weighted by Crippen LogP contribution is 2.37. The SMILES string of the molecule is N#Cc1ccc(NC(=O)c2n[nH]c(C3CC3)n2)cc1. The van der Waals surface area contributed by atoms with Crippen LogP contribution in [0.25, 0.3) is 0 Å². The van der Waals surface area contributed by atoms with Gasteiger partial charge >= 0.3 is 0 Å². The number of amides is 1. The van der Waals surface area contributed by atoms with Gasteiger partial charge in [0.15, 0.2) is 0 Å². The highest BCUT2D eigenvalue weighted by molar-refractivity contribution is 6.01. The number of hydrogen-bond acceptors (Lipinski definition) is 4. The average Bonchev–Trinajstić information content (AvgIpc) is 3.17. The predicted octanol–water partition coefficient (Wildman–Crippen LogP) is 1.81. The Balaban J connectivity index is 1.70. The third kappa shape index (κ3) is 2.45. The molecule has 0 aliphatic heterocycles. The molecule has 0 atom stereocenters. The summed E-state index contributed by atoms with van der Waals surface area (Å²) in [6.45, 7) is 0. The summed E-state index contributed by atoms with van der Waals surface area (Å²) in [7, 11) is 0. The van der Waals surface area contributed by atoms with Gasteiger partial charge in [0.1, 0.15) is 5.82 Å². The number of nitrogens with one attached hydrogen (secondary N) is 2. The minimum absolute atomic E-state index is 0.145. The van der Waals surface area contributed by atoms with Gasteiger partial charge in [-0.25, -0.2) is 4.98 Å². The summed E-state index contributed by atoms with van der Waals surface area (Å²) in [4.78, 5) is 16.1. The van der Waals surface area contributed by atoms with Gasteiger partial charge in [-0.1, -0.05) is 0 Å². The Labute approximate surface area is 109 Å². The largest absolute Gasteiger partial charge is 0.319 e. The van der Waals surface area contributed by atoms with Gasteiger partial charge < -0.3 is 5.32 Å². The van der Waals surface area contributed by atoms with E-state index in [1.807, 2.05) is 6.07 Å². The van der Waals surface area contributed by atoms with E-state index in [0.717, 1.165) is 18.7 Å². The van der Waals surface area contributed by atoms with E-state index < -0.39 is 0 Å². The fourth-order valence-corrected chi connectivity index (χ4v) is 1.73. The summed E-state index contributed by atoms with van der Waals surface area (Å²) in [6, 6.07) is 8.65. The van der Waals surface area contributed by atoms with Crippen molar-refractivity contribution < 1.29 is 4.79 Å². The molecule has 94 valence electrons. The standard InChI is InChI=1S/C13H11N5O/c14-7-8-1-5-10(6-2-8)15-13(19)12-16-11(17-18-12)9-3-4-9/h1-2,5-6,9H,3-4H2,(H,15,19)(H,16,17,18). The molecule has 1 amide bonds. The van der Waals surface area contributed by atoms with E-state index in [2.05, 4.69) is 20.5 Å². The van der Waals surface area contributed by atoms with Crippen LogP contribution in [-0.4, -0.2) is 21.1 Å². The van der Waals surface area contributed by atoms with Crippen LogP contribution in [0, 0.1) is 11.3 Å². The number of carbonyl (C=O) groups is 1. The first-order valence-corrected chi connectivity index (χ1v) is 6.00. The summed E-state index contributed by atoms with van der Waals surface area (Å²) in [5, 5.41) is 18.1. The Bertz CT molecular complexity index is 648. The maximum atomic E-state index is 11.9. The van der Waals surface area contributed by atoms with Crippen LogP contribution >= 0.6 is 0 Å². The second-order valence-corrected chi connectivity index (χ2v) is 4.46. The molecule has 6 nitrogen and oxygen atoms in total. The van der Waals surface area contributed by atoms with Crippen molar-refractivity contribution in [1.82, 2.24) is 15.2 Å². The number of aromatic amines is 1. The van der Waals surface area contributed by atoms with Crippen LogP contribution in [0.3, 0.4) is 0 Å². The van der Waals surface area contributed by atoms with Crippen molar-refractivity contribution in [2.45, 2.75) is 18.8 Å². The molecule has 0 unspecified atom stereocenters. The van der Waals surface area contributed by atoms with Crippen LogP contribution in [0.15, 0.2) is 24.3 Å². The molecule has 2 N–H and O–H groups in total. The quantitative estimate of drug-likeness (QED) is 0.872. The summed E-state index contributed by atoms with van der Waals surface area (Å²) in [5.74, 6) is 1.01. The first-order chi connectivity index (χ1) is 9.26. The molecule has 1 aliphatic carbocycles. The summed E-state index contributed by atoms with van der Waals surface area (Å²) in [6.07, 6.45) is 2.21.